The maximum Gasteiger partial charge on any atom is 0.333 e. The maximum atomic E-state index is 14.9. The largest absolute Gasteiger partial charge is 0.458 e. The number of carbonyl (C=O) groups is 4. The highest BCUT2D eigenvalue weighted by Gasteiger charge is 2.83. The Kier molecular flexibility index (Phi) is 9.40. The lowest BCUT2D eigenvalue weighted by Gasteiger charge is -2.61. The van der Waals surface area contributed by atoms with Crippen LogP contribution in [-0.2, 0) is 42.9 Å². The quantitative estimate of drug-likeness (QED) is 0.119. The van der Waals surface area contributed by atoms with Crippen molar-refractivity contribution in [2.45, 2.75) is 103 Å². The molecule has 2 saturated carbocycles. The fraction of sp³-hybridized carbons (Fsp3) is 0.581. The third kappa shape index (κ3) is 5.62. The zero-order chi connectivity index (χ0) is 39.9. The summed E-state index contributed by atoms with van der Waals surface area (Å²) in [5.74, 6) is -3.37. The number of morpholine rings is 1. The Morgan fingerprint density at radius 1 is 1.11 bits per heavy atom. The van der Waals surface area contributed by atoms with Gasteiger partial charge in [0.05, 0.1) is 30.4 Å². The molecule has 4 aliphatic carbocycles. The number of allylic oxidation sites excluding steroid dienone is 1. The Morgan fingerprint density at radius 2 is 1.86 bits per heavy atom. The summed E-state index contributed by atoms with van der Waals surface area (Å²) in [5.41, 5.74) is -1.43. The zero-order valence-corrected chi connectivity index (χ0v) is 32.8. The summed E-state index contributed by atoms with van der Waals surface area (Å²) in [7, 11) is 0. The van der Waals surface area contributed by atoms with E-state index in [1.807, 2.05) is 38.7 Å². The zero-order valence-electron chi connectivity index (χ0n) is 32.8. The van der Waals surface area contributed by atoms with Gasteiger partial charge in [-0.05, 0) is 88.3 Å². The van der Waals surface area contributed by atoms with Crippen molar-refractivity contribution >= 4 is 35.1 Å². The van der Waals surface area contributed by atoms with E-state index >= 15 is 0 Å². The van der Waals surface area contributed by atoms with Gasteiger partial charge in [0, 0.05) is 61.3 Å². The highest BCUT2D eigenvalue weighted by molar-refractivity contribution is 5.98. The monoisotopic (exact) mass is 774 g/mol. The molecule has 3 heterocycles. The molecule has 0 amide bonds. The third-order valence-corrected chi connectivity index (χ3v) is 14.5. The van der Waals surface area contributed by atoms with Crippen LogP contribution in [0.5, 0.6) is 0 Å². The highest BCUT2D eigenvalue weighted by atomic mass is 19.1. The van der Waals surface area contributed by atoms with Crippen molar-refractivity contribution in [1.29, 1.82) is 0 Å². The molecule has 0 radical (unpaired) electrons. The Balaban J connectivity index is 1.01. The fourth-order valence-electron chi connectivity index (χ4n) is 11.3. The number of ether oxygens (including phenoxy) is 5. The van der Waals surface area contributed by atoms with E-state index in [1.54, 1.807) is 25.1 Å². The first-order chi connectivity index (χ1) is 26.6. The van der Waals surface area contributed by atoms with E-state index in [0.29, 0.717) is 68.9 Å². The number of aliphatic hydroxyl groups is 1. The molecule has 2 N–H and O–H groups in total. The number of fused-ring (bicyclic) bond motifs is 4. The number of hydrogen-bond donors (Lipinski definition) is 2. The van der Waals surface area contributed by atoms with E-state index in [2.05, 4.69) is 5.32 Å². The molecule has 0 unspecified atom stereocenters. The van der Waals surface area contributed by atoms with Crippen molar-refractivity contribution in [1.82, 2.24) is 0 Å². The first-order valence-electron chi connectivity index (χ1n) is 19.7. The lowest BCUT2D eigenvalue weighted by atomic mass is 9.42. The Labute approximate surface area is 326 Å². The molecular formula is C43H51FN2O10. The van der Waals surface area contributed by atoms with Crippen LogP contribution in [-0.4, -0.2) is 90.7 Å². The molecule has 0 bridgehead atoms. The number of benzene rings is 1. The average Bonchev–Trinajstić information content (AvgIpc) is 3.85. The lowest BCUT2D eigenvalue weighted by Crippen LogP contribution is -2.70. The predicted octanol–water partition coefficient (Wildman–Crippen LogP) is 5.11. The predicted molar refractivity (Wildman–Crippen MR) is 201 cm³/mol. The second kappa shape index (κ2) is 13.7. The van der Waals surface area contributed by atoms with E-state index in [4.69, 9.17) is 23.7 Å². The summed E-state index contributed by atoms with van der Waals surface area (Å²) in [6.07, 6.45) is 6.49. The molecule has 300 valence electrons. The van der Waals surface area contributed by atoms with Crippen molar-refractivity contribution in [3.8, 4) is 0 Å². The second-order valence-corrected chi connectivity index (χ2v) is 17.1. The van der Waals surface area contributed by atoms with Crippen molar-refractivity contribution in [2.75, 3.05) is 36.5 Å². The van der Waals surface area contributed by atoms with E-state index in [-0.39, 0.29) is 23.5 Å². The standard InChI is InChI=1S/C43H51FN2O10/c1-23-19-33(54-39(50)24(23)2)25(3)29-21-36(53-26(4)47)42(51)30-22-37-43(56-37)35(10-9-34(48)41(43,6)28(30)11-13-40(29,42)5)55-38(49)12-14-45-27-7-8-32(31(44)20-27)46-15-17-52-18-16-46/h7-10,12,14,20-21,25,28,30,33,35-37,45,51H,11,13,15-19,22H2,1-6H3/b14-12+/t25-,28-,30+,33+,35-,36-,37+,40+,41-,42+,43+/m0/s1. The molecule has 56 heavy (non-hydrogen) atoms. The van der Waals surface area contributed by atoms with Gasteiger partial charge in [-0.15, -0.1) is 0 Å². The molecular weight excluding hydrogens is 723 g/mol. The van der Waals surface area contributed by atoms with E-state index < -0.39 is 70.2 Å². The minimum atomic E-state index is -1.60. The number of esters is 3. The molecule has 0 aromatic heterocycles. The summed E-state index contributed by atoms with van der Waals surface area (Å²) in [6, 6.07) is 4.78. The van der Waals surface area contributed by atoms with Gasteiger partial charge in [0.1, 0.15) is 29.2 Å². The number of rotatable bonds is 8. The first kappa shape index (κ1) is 38.5. The van der Waals surface area contributed by atoms with Gasteiger partial charge in [0.2, 0.25) is 0 Å². The van der Waals surface area contributed by atoms with Crippen LogP contribution in [0.3, 0.4) is 0 Å². The normalized spacial score (nSPS) is 39.1. The van der Waals surface area contributed by atoms with Crippen LogP contribution in [0.25, 0.3) is 0 Å². The maximum absolute atomic E-state index is 14.9. The number of epoxide rings is 1. The van der Waals surface area contributed by atoms with Crippen LogP contribution in [0.15, 0.2) is 65.4 Å². The molecule has 3 aliphatic heterocycles. The molecule has 1 spiro atoms. The lowest BCUT2D eigenvalue weighted by molar-refractivity contribution is -0.225. The average molecular weight is 775 g/mol. The van der Waals surface area contributed by atoms with Crippen LogP contribution >= 0.6 is 0 Å². The summed E-state index contributed by atoms with van der Waals surface area (Å²) in [6.45, 7) is 13.1. The van der Waals surface area contributed by atoms with Gasteiger partial charge in [0.25, 0.3) is 0 Å². The number of anilines is 2. The molecule has 7 aliphatic rings. The number of ketones is 1. The summed E-state index contributed by atoms with van der Waals surface area (Å²) in [5, 5.41) is 16.1. The Bertz CT molecular complexity index is 1990. The van der Waals surface area contributed by atoms with Gasteiger partial charge in [-0.25, -0.2) is 14.0 Å². The van der Waals surface area contributed by atoms with Gasteiger partial charge < -0.3 is 39.0 Å². The summed E-state index contributed by atoms with van der Waals surface area (Å²) >= 11 is 0. The Morgan fingerprint density at radius 3 is 2.55 bits per heavy atom. The molecule has 8 rings (SSSR count). The van der Waals surface area contributed by atoms with Gasteiger partial charge in [-0.2, -0.15) is 0 Å². The smallest absolute Gasteiger partial charge is 0.333 e. The number of halogens is 1. The van der Waals surface area contributed by atoms with Crippen LogP contribution in [0.1, 0.15) is 67.2 Å². The third-order valence-electron chi connectivity index (χ3n) is 14.5. The van der Waals surface area contributed by atoms with Gasteiger partial charge in [-0.3, -0.25) is 9.59 Å². The van der Waals surface area contributed by atoms with Gasteiger partial charge >= 0.3 is 17.9 Å². The first-order valence-corrected chi connectivity index (χ1v) is 19.7. The number of carbonyl (C=O) groups excluding carboxylic acids is 4. The molecule has 13 heteroatoms. The minimum Gasteiger partial charge on any atom is -0.458 e. The van der Waals surface area contributed by atoms with Crippen molar-refractivity contribution in [3.63, 3.8) is 0 Å². The van der Waals surface area contributed by atoms with Crippen molar-refractivity contribution < 1.29 is 52.4 Å². The number of hydrogen-bond acceptors (Lipinski definition) is 12. The number of nitrogens with one attached hydrogen (secondary N) is 1. The highest BCUT2D eigenvalue weighted by Crippen LogP contribution is 2.74. The minimum absolute atomic E-state index is 0.177. The van der Waals surface area contributed by atoms with Crippen LogP contribution in [0.2, 0.25) is 0 Å². The van der Waals surface area contributed by atoms with E-state index in [0.717, 1.165) is 11.1 Å². The van der Waals surface area contributed by atoms with Crippen molar-refractivity contribution in [2.24, 2.45) is 28.6 Å². The van der Waals surface area contributed by atoms with E-state index in [1.165, 1.54) is 31.3 Å². The van der Waals surface area contributed by atoms with Crippen molar-refractivity contribution in [3.05, 3.63) is 71.2 Å². The molecule has 4 fully saturated rings. The number of nitrogens with zero attached hydrogens (tertiary/aromatic N) is 1. The number of cyclic esters (lactones) is 1. The molecule has 11 atom stereocenters. The molecule has 2 saturated heterocycles. The van der Waals surface area contributed by atoms with Crippen LogP contribution in [0, 0.1) is 34.4 Å². The van der Waals surface area contributed by atoms with E-state index in [9.17, 15) is 28.7 Å². The SMILES string of the molecule is CC(=O)O[C@H]1C=C([C@H](C)[C@H]2CC(C)=C(C)C(=O)O2)[C@@]2(C)CC[C@H]3[C@@H](C[C@H]4O[C@]45[C@@H](OC(=O)/C=C/Nc4ccc(N6CCOCC6)c(F)c4)C=CC(=O)[C@]35C)[C@@]12O. The summed E-state index contributed by atoms with van der Waals surface area (Å²) in [4.78, 5) is 54.7. The molecule has 1 aromatic carbocycles. The van der Waals surface area contributed by atoms with Crippen LogP contribution < -0.4 is 10.2 Å². The summed E-state index contributed by atoms with van der Waals surface area (Å²) < 4.78 is 44.6. The fourth-order valence-corrected chi connectivity index (χ4v) is 11.3. The Hall–Kier alpha value is -4.33. The second-order valence-electron chi connectivity index (χ2n) is 17.1. The van der Waals surface area contributed by atoms with Crippen LogP contribution in [0.4, 0.5) is 15.8 Å². The van der Waals surface area contributed by atoms with Gasteiger partial charge in [-0.1, -0.05) is 25.0 Å². The van der Waals surface area contributed by atoms with Gasteiger partial charge in [0.15, 0.2) is 11.9 Å². The topological polar surface area (TPSA) is 153 Å². The molecule has 12 nitrogen and oxygen atoms in total. The molecule has 1 aromatic rings.